The van der Waals surface area contributed by atoms with Crippen molar-refractivity contribution >= 4 is 23.5 Å². The highest BCUT2D eigenvalue weighted by Crippen LogP contribution is 2.33. The molecule has 0 spiro atoms. The molecule has 2 atom stereocenters. The average molecular weight is 264 g/mol. The summed E-state index contributed by atoms with van der Waals surface area (Å²) in [5.41, 5.74) is 0.521. The van der Waals surface area contributed by atoms with Crippen LogP contribution in [0.4, 0.5) is 5.69 Å². The van der Waals surface area contributed by atoms with Crippen molar-refractivity contribution in [1.82, 2.24) is 4.98 Å². The van der Waals surface area contributed by atoms with E-state index in [0.717, 1.165) is 4.90 Å². The number of carbonyl (C=O) groups is 3. The van der Waals surface area contributed by atoms with E-state index in [-0.39, 0.29) is 11.4 Å². The second-order valence-corrected chi connectivity index (χ2v) is 4.72. The summed E-state index contributed by atoms with van der Waals surface area (Å²) < 4.78 is 5.28. The number of rotatable bonds is 2. The van der Waals surface area contributed by atoms with Gasteiger partial charge in [-0.15, -0.1) is 0 Å². The number of aromatic nitrogens is 1. The fourth-order valence-electron chi connectivity index (χ4n) is 2.55. The number of carboxylic acid groups (broad SMARTS) is 1. The molecule has 19 heavy (non-hydrogen) atoms. The Kier molecular flexibility index (Phi) is 2.46. The summed E-state index contributed by atoms with van der Waals surface area (Å²) in [4.78, 5) is 39.1. The lowest BCUT2D eigenvalue weighted by atomic mass is 10.2. The number of fused-ring (bicyclic) bond motifs is 2. The van der Waals surface area contributed by atoms with Crippen LogP contribution < -0.4 is 4.90 Å². The quantitative estimate of drug-likeness (QED) is 0.755. The maximum atomic E-state index is 12.2. The second-order valence-electron chi connectivity index (χ2n) is 4.72. The first-order valence-corrected chi connectivity index (χ1v) is 5.95. The van der Waals surface area contributed by atoms with E-state index in [1.807, 2.05) is 0 Å². The van der Waals surface area contributed by atoms with Crippen molar-refractivity contribution < 1.29 is 24.2 Å². The Morgan fingerprint density at radius 3 is 2.47 bits per heavy atom. The van der Waals surface area contributed by atoms with E-state index in [1.54, 1.807) is 6.92 Å². The topological polar surface area (TPSA) is 99.7 Å². The molecule has 2 fully saturated rings. The largest absolute Gasteiger partial charge is 0.477 e. The molecule has 0 radical (unpaired) electrons. The number of ether oxygens (including phenoxy) is 1. The molecule has 2 unspecified atom stereocenters. The molecule has 0 aliphatic carbocycles. The average Bonchev–Trinajstić information content (AvgIpc) is 2.93. The first kappa shape index (κ1) is 11.9. The number of carboxylic acids is 1. The minimum Gasteiger partial charge on any atom is -0.477 e. The lowest BCUT2D eigenvalue weighted by Gasteiger charge is -2.29. The number of anilines is 1. The first-order valence-electron chi connectivity index (χ1n) is 5.95. The molecular formula is C12H12N2O5. The van der Waals surface area contributed by atoms with Crippen LogP contribution in [-0.4, -0.2) is 40.1 Å². The van der Waals surface area contributed by atoms with Gasteiger partial charge in [0.2, 0.25) is 0 Å². The summed E-state index contributed by atoms with van der Waals surface area (Å²) in [5, 5.41) is 9.12. The Morgan fingerprint density at radius 1 is 1.37 bits per heavy atom. The van der Waals surface area contributed by atoms with Gasteiger partial charge in [-0.25, -0.2) is 9.69 Å². The van der Waals surface area contributed by atoms with Crippen molar-refractivity contribution in [3.63, 3.8) is 0 Å². The number of hydrogen-bond donors (Lipinski definition) is 2. The van der Waals surface area contributed by atoms with Crippen LogP contribution in [0.1, 0.15) is 29.0 Å². The van der Waals surface area contributed by atoms with Gasteiger partial charge in [-0.2, -0.15) is 0 Å². The van der Waals surface area contributed by atoms with Crippen LogP contribution in [0.25, 0.3) is 0 Å². The Balaban J connectivity index is 2.08. The fourth-order valence-corrected chi connectivity index (χ4v) is 2.55. The molecule has 2 saturated heterocycles. The van der Waals surface area contributed by atoms with E-state index in [0.29, 0.717) is 18.5 Å². The van der Waals surface area contributed by atoms with Gasteiger partial charge in [0, 0.05) is 5.69 Å². The number of aromatic carboxylic acids is 1. The highest BCUT2D eigenvalue weighted by atomic mass is 16.5. The van der Waals surface area contributed by atoms with Crippen LogP contribution in [0.5, 0.6) is 0 Å². The smallest absolute Gasteiger partial charge is 0.354 e. The molecule has 3 rings (SSSR count). The standard InChI is InChI=1S/C12H12N2O5/c1-5-4-6(9(13-5)12(17)18)14-10(15)7-2-3-8(19-7)11(14)16/h4,7-8,13H,2-3H2,1H3,(H,17,18). The van der Waals surface area contributed by atoms with Crippen LogP contribution >= 0.6 is 0 Å². The molecule has 1 aromatic rings. The van der Waals surface area contributed by atoms with E-state index in [2.05, 4.69) is 4.98 Å². The lowest BCUT2D eigenvalue weighted by Crippen LogP contribution is -2.52. The van der Waals surface area contributed by atoms with E-state index >= 15 is 0 Å². The molecular weight excluding hydrogens is 252 g/mol. The first-order chi connectivity index (χ1) is 8.99. The zero-order valence-electron chi connectivity index (χ0n) is 10.2. The summed E-state index contributed by atoms with van der Waals surface area (Å²) in [5.74, 6) is -2.18. The highest BCUT2D eigenvalue weighted by Gasteiger charge is 2.48. The zero-order chi connectivity index (χ0) is 13.7. The molecule has 2 aliphatic heterocycles. The number of amides is 2. The van der Waals surface area contributed by atoms with Crippen LogP contribution in [-0.2, 0) is 14.3 Å². The van der Waals surface area contributed by atoms with Gasteiger partial charge in [-0.3, -0.25) is 9.59 Å². The van der Waals surface area contributed by atoms with Crippen LogP contribution in [0, 0.1) is 6.92 Å². The number of morpholine rings is 1. The molecule has 0 saturated carbocycles. The summed E-state index contributed by atoms with van der Waals surface area (Å²) in [6, 6.07) is 1.49. The van der Waals surface area contributed by atoms with Gasteiger partial charge in [-0.1, -0.05) is 0 Å². The summed E-state index contributed by atoms with van der Waals surface area (Å²) in [6.45, 7) is 1.67. The number of H-pyrrole nitrogens is 1. The monoisotopic (exact) mass is 264 g/mol. The van der Waals surface area contributed by atoms with Crippen molar-refractivity contribution in [3.05, 3.63) is 17.5 Å². The van der Waals surface area contributed by atoms with Gasteiger partial charge in [0.05, 0.1) is 5.69 Å². The number of aromatic amines is 1. The van der Waals surface area contributed by atoms with Crippen molar-refractivity contribution in [2.24, 2.45) is 0 Å². The molecule has 0 aromatic carbocycles. The number of nitrogens with zero attached hydrogens (tertiary/aromatic N) is 1. The summed E-state index contributed by atoms with van der Waals surface area (Å²) >= 11 is 0. The third-order valence-electron chi connectivity index (χ3n) is 3.40. The molecule has 3 heterocycles. The molecule has 2 N–H and O–H groups in total. The minimum atomic E-state index is -1.21. The number of aryl methyl sites for hydroxylation is 1. The maximum absolute atomic E-state index is 12.2. The van der Waals surface area contributed by atoms with Gasteiger partial charge in [0.25, 0.3) is 11.8 Å². The number of hydrogen-bond acceptors (Lipinski definition) is 4. The predicted octanol–water partition coefficient (Wildman–Crippen LogP) is 0.442. The SMILES string of the molecule is Cc1cc(N2C(=O)C3CCC(O3)C2=O)c(C(=O)O)[nH]1. The van der Waals surface area contributed by atoms with Crippen LogP contribution in [0.3, 0.4) is 0 Å². The lowest BCUT2D eigenvalue weighted by molar-refractivity contribution is -0.146. The Morgan fingerprint density at radius 2 is 1.95 bits per heavy atom. The van der Waals surface area contributed by atoms with E-state index < -0.39 is 30.0 Å². The molecule has 2 bridgehead atoms. The third-order valence-corrected chi connectivity index (χ3v) is 3.40. The molecule has 7 nitrogen and oxygen atoms in total. The summed E-state index contributed by atoms with van der Waals surface area (Å²) in [7, 11) is 0. The number of carbonyl (C=O) groups excluding carboxylic acids is 2. The Bertz CT molecular complexity index is 569. The molecule has 1 aromatic heterocycles. The highest BCUT2D eigenvalue weighted by molar-refractivity contribution is 6.21. The van der Waals surface area contributed by atoms with Crippen molar-refractivity contribution in [1.29, 1.82) is 0 Å². The molecule has 100 valence electrons. The van der Waals surface area contributed by atoms with Crippen LogP contribution in [0.2, 0.25) is 0 Å². The predicted molar refractivity (Wildman–Crippen MR) is 62.9 cm³/mol. The van der Waals surface area contributed by atoms with Gasteiger partial charge in [0.1, 0.15) is 17.9 Å². The van der Waals surface area contributed by atoms with Crippen molar-refractivity contribution in [2.75, 3.05) is 4.90 Å². The molecule has 2 aliphatic rings. The molecule has 2 amide bonds. The van der Waals surface area contributed by atoms with Crippen LogP contribution in [0.15, 0.2) is 6.07 Å². The zero-order valence-corrected chi connectivity index (χ0v) is 10.2. The van der Waals surface area contributed by atoms with Gasteiger partial charge < -0.3 is 14.8 Å². The number of nitrogens with one attached hydrogen (secondary N) is 1. The molecule has 7 heteroatoms. The van der Waals surface area contributed by atoms with Gasteiger partial charge in [-0.05, 0) is 25.8 Å². The number of imide groups is 1. The second kappa shape index (κ2) is 3.92. The Hall–Kier alpha value is -2.15. The van der Waals surface area contributed by atoms with Crippen molar-refractivity contribution in [3.8, 4) is 0 Å². The normalized spacial score (nSPS) is 26.1. The maximum Gasteiger partial charge on any atom is 0.354 e. The minimum absolute atomic E-state index is 0.0974. The van der Waals surface area contributed by atoms with Gasteiger partial charge >= 0.3 is 5.97 Å². The Labute approximate surface area is 108 Å². The van der Waals surface area contributed by atoms with E-state index in [4.69, 9.17) is 9.84 Å². The van der Waals surface area contributed by atoms with E-state index in [9.17, 15) is 14.4 Å². The van der Waals surface area contributed by atoms with Crippen molar-refractivity contribution in [2.45, 2.75) is 32.0 Å². The third kappa shape index (κ3) is 1.66. The van der Waals surface area contributed by atoms with E-state index in [1.165, 1.54) is 6.07 Å². The summed E-state index contributed by atoms with van der Waals surface area (Å²) in [6.07, 6.45) is -0.283. The van der Waals surface area contributed by atoms with Gasteiger partial charge in [0.15, 0.2) is 0 Å². The fraction of sp³-hybridized carbons (Fsp3) is 0.417.